The van der Waals surface area contributed by atoms with Crippen molar-refractivity contribution < 1.29 is 19.1 Å². The van der Waals surface area contributed by atoms with Crippen LogP contribution < -0.4 is 4.74 Å². The van der Waals surface area contributed by atoms with Gasteiger partial charge in [0, 0.05) is 12.1 Å². The van der Waals surface area contributed by atoms with E-state index in [1.807, 2.05) is 38.1 Å². The molecule has 0 N–H and O–H groups in total. The van der Waals surface area contributed by atoms with Crippen LogP contribution in [0.4, 0.5) is 0 Å². The summed E-state index contributed by atoms with van der Waals surface area (Å²) in [7, 11) is 2.90. The highest BCUT2D eigenvalue weighted by molar-refractivity contribution is 5.93. The first-order valence-corrected chi connectivity index (χ1v) is 6.67. The molecule has 0 heterocycles. The van der Waals surface area contributed by atoms with E-state index < -0.39 is 5.97 Å². The molecular weight excluding hydrogens is 270 g/mol. The van der Waals surface area contributed by atoms with Crippen LogP contribution in [0.15, 0.2) is 30.3 Å². The molecule has 0 atom stereocenters. The van der Waals surface area contributed by atoms with Crippen LogP contribution in [-0.2, 0) is 14.3 Å². The number of benzene rings is 1. The first kappa shape index (κ1) is 16.8. The van der Waals surface area contributed by atoms with E-state index in [-0.39, 0.29) is 18.5 Å². The Morgan fingerprint density at radius 3 is 2.29 bits per heavy atom. The lowest BCUT2D eigenvalue weighted by molar-refractivity contribution is -0.146. The Morgan fingerprint density at radius 2 is 1.81 bits per heavy atom. The largest absolute Gasteiger partial charge is 0.497 e. The molecule has 5 heteroatoms. The van der Waals surface area contributed by atoms with Gasteiger partial charge in [0.15, 0.2) is 0 Å². The van der Waals surface area contributed by atoms with Crippen LogP contribution in [0.25, 0.3) is 6.08 Å². The molecule has 1 aromatic rings. The molecule has 0 saturated heterocycles. The lowest BCUT2D eigenvalue weighted by Crippen LogP contribution is -2.40. The van der Waals surface area contributed by atoms with Crippen molar-refractivity contribution in [1.29, 1.82) is 0 Å². The van der Waals surface area contributed by atoms with Crippen LogP contribution in [0.2, 0.25) is 0 Å². The molecule has 1 amide bonds. The lowest BCUT2D eigenvalue weighted by atomic mass is 10.2. The maximum atomic E-state index is 12.1. The monoisotopic (exact) mass is 291 g/mol. The zero-order valence-electron chi connectivity index (χ0n) is 12.8. The minimum Gasteiger partial charge on any atom is -0.497 e. The molecule has 1 rings (SSSR count). The smallest absolute Gasteiger partial charge is 0.325 e. The van der Waals surface area contributed by atoms with Gasteiger partial charge in [0.1, 0.15) is 12.3 Å². The van der Waals surface area contributed by atoms with Gasteiger partial charge < -0.3 is 14.4 Å². The van der Waals surface area contributed by atoms with Crippen molar-refractivity contribution in [3.63, 3.8) is 0 Å². The van der Waals surface area contributed by atoms with E-state index in [1.54, 1.807) is 13.2 Å². The van der Waals surface area contributed by atoms with Gasteiger partial charge in [-0.3, -0.25) is 9.59 Å². The minimum absolute atomic E-state index is 0.0556. The Bertz CT molecular complexity index is 506. The van der Waals surface area contributed by atoms with E-state index in [2.05, 4.69) is 4.74 Å². The molecule has 5 nitrogen and oxygen atoms in total. The van der Waals surface area contributed by atoms with E-state index in [9.17, 15) is 9.59 Å². The number of carbonyl (C=O) groups is 2. The molecule has 0 bridgehead atoms. The van der Waals surface area contributed by atoms with E-state index in [0.717, 1.165) is 11.3 Å². The molecular formula is C16H21NO4. The minimum atomic E-state index is -0.435. The number of esters is 1. The Hall–Kier alpha value is -2.30. The summed E-state index contributed by atoms with van der Waals surface area (Å²) >= 11 is 0. The van der Waals surface area contributed by atoms with Crippen LogP contribution in [0.1, 0.15) is 19.4 Å². The molecule has 0 aliphatic heterocycles. The summed E-state index contributed by atoms with van der Waals surface area (Å²) in [4.78, 5) is 24.9. The Morgan fingerprint density at radius 1 is 1.19 bits per heavy atom. The Balaban J connectivity index is 2.75. The zero-order valence-corrected chi connectivity index (χ0v) is 12.8. The predicted molar refractivity (Wildman–Crippen MR) is 80.9 cm³/mol. The van der Waals surface area contributed by atoms with Crippen molar-refractivity contribution in [2.45, 2.75) is 19.9 Å². The summed E-state index contributed by atoms with van der Waals surface area (Å²) in [5, 5.41) is 0. The summed E-state index contributed by atoms with van der Waals surface area (Å²) in [6.07, 6.45) is 3.15. The van der Waals surface area contributed by atoms with E-state index in [1.165, 1.54) is 18.1 Å². The fraction of sp³-hybridized carbons (Fsp3) is 0.375. The first-order chi connectivity index (χ1) is 9.97. The normalized spacial score (nSPS) is 10.7. The number of rotatable bonds is 6. The highest BCUT2D eigenvalue weighted by atomic mass is 16.5. The lowest BCUT2D eigenvalue weighted by Gasteiger charge is -2.24. The fourth-order valence-electron chi connectivity index (χ4n) is 1.70. The van der Waals surface area contributed by atoms with Gasteiger partial charge >= 0.3 is 5.97 Å². The second-order valence-corrected chi connectivity index (χ2v) is 4.74. The summed E-state index contributed by atoms with van der Waals surface area (Å²) in [6, 6.07) is 7.25. The summed E-state index contributed by atoms with van der Waals surface area (Å²) in [6.45, 7) is 3.64. The van der Waals surface area contributed by atoms with Gasteiger partial charge in [-0.1, -0.05) is 12.1 Å². The van der Waals surface area contributed by atoms with Crippen LogP contribution in [-0.4, -0.2) is 43.6 Å². The molecule has 21 heavy (non-hydrogen) atoms. The van der Waals surface area contributed by atoms with E-state index in [0.29, 0.717) is 0 Å². The highest BCUT2D eigenvalue weighted by Gasteiger charge is 2.18. The molecule has 0 spiro atoms. The fourth-order valence-corrected chi connectivity index (χ4v) is 1.70. The van der Waals surface area contributed by atoms with Crippen molar-refractivity contribution in [3.8, 4) is 5.75 Å². The Kier molecular flexibility index (Phi) is 6.46. The number of hydrogen-bond acceptors (Lipinski definition) is 4. The van der Waals surface area contributed by atoms with Crippen molar-refractivity contribution in [1.82, 2.24) is 4.90 Å². The average molecular weight is 291 g/mol. The molecule has 1 aromatic carbocycles. The van der Waals surface area contributed by atoms with Crippen molar-refractivity contribution in [3.05, 3.63) is 35.9 Å². The highest BCUT2D eigenvalue weighted by Crippen LogP contribution is 2.12. The maximum Gasteiger partial charge on any atom is 0.325 e. The van der Waals surface area contributed by atoms with Crippen LogP contribution >= 0.6 is 0 Å². The van der Waals surface area contributed by atoms with Crippen LogP contribution in [0, 0.1) is 0 Å². The second-order valence-electron chi connectivity index (χ2n) is 4.74. The van der Waals surface area contributed by atoms with Crippen LogP contribution in [0.5, 0.6) is 5.75 Å². The predicted octanol–water partition coefficient (Wildman–Crippen LogP) is 2.12. The SMILES string of the molecule is COC(=O)CN(C(=O)C=Cc1ccc(OC)cc1)C(C)C. The molecule has 0 aromatic heterocycles. The van der Waals surface area contributed by atoms with Crippen LogP contribution in [0.3, 0.4) is 0 Å². The third kappa shape index (κ3) is 5.30. The van der Waals surface area contributed by atoms with Crippen molar-refractivity contribution in [2.24, 2.45) is 0 Å². The van der Waals surface area contributed by atoms with Gasteiger partial charge in [-0.05, 0) is 37.6 Å². The first-order valence-electron chi connectivity index (χ1n) is 6.67. The third-order valence-electron chi connectivity index (χ3n) is 2.97. The molecule has 0 saturated carbocycles. The quantitative estimate of drug-likeness (QED) is 0.595. The molecule has 0 aliphatic rings. The maximum absolute atomic E-state index is 12.1. The molecule has 0 fully saturated rings. The van der Waals surface area contributed by atoms with Gasteiger partial charge in [-0.15, -0.1) is 0 Å². The number of carbonyl (C=O) groups excluding carboxylic acids is 2. The molecule has 114 valence electrons. The van der Waals surface area contributed by atoms with E-state index >= 15 is 0 Å². The topological polar surface area (TPSA) is 55.8 Å². The van der Waals surface area contributed by atoms with Gasteiger partial charge in [0.2, 0.25) is 5.91 Å². The number of methoxy groups -OCH3 is 2. The number of amides is 1. The number of hydrogen-bond donors (Lipinski definition) is 0. The second kappa shape index (κ2) is 8.09. The zero-order chi connectivity index (χ0) is 15.8. The van der Waals surface area contributed by atoms with Crippen molar-refractivity contribution >= 4 is 18.0 Å². The van der Waals surface area contributed by atoms with Gasteiger partial charge in [-0.2, -0.15) is 0 Å². The molecule has 0 radical (unpaired) electrons. The van der Waals surface area contributed by atoms with E-state index in [4.69, 9.17) is 4.74 Å². The van der Waals surface area contributed by atoms with Gasteiger partial charge in [-0.25, -0.2) is 0 Å². The molecule has 0 aliphatic carbocycles. The average Bonchev–Trinajstić information content (AvgIpc) is 2.50. The summed E-state index contributed by atoms with van der Waals surface area (Å²) in [5.41, 5.74) is 0.880. The number of nitrogens with zero attached hydrogens (tertiary/aromatic N) is 1. The summed E-state index contributed by atoms with van der Waals surface area (Å²) < 4.78 is 9.67. The van der Waals surface area contributed by atoms with Gasteiger partial charge in [0.25, 0.3) is 0 Å². The van der Waals surface area contributed by atoms with Crippen molar-refractivity contribution in [2.75, 3.05) is 20.8 Å². The standard InChI is InChI=1S/C16H21NO4/c1-12(2)17(11-16(19)21-4)15(18)10-7-13-5-8-14(20-3)9-6-13/h5-10,12H,11H2,1-4H3. The number of ether oxygens (including phenoxy) is 2. The Labute approximate surface area is 125 Å². The van der Waals surface area contributed by atoms with Gasteiger partial charge in [0.05, 0.1) is 14.2 Å². The summed E-state index contributed by atoms with van der Waals surface area (Å²) in [5.74, 6) is 0.0918. The third-order valence-corrected chi connectivity index (χ3v) is 2.97. The molecule has 0 unspecified atom stereocenters.